The van der Waals surface area contributed by atoms with Gasteiger partial charge in [0.05, 0.1) is 12.1 Å². The van der Waals surface area contributed by atoms with Crippen LogP contribution in [-0.2, 0) is 10.2 Å². The number of nitrogens with zero attached hydrogens (tertiary/aromatic N) is 2. The number of carbonyl (C=O) groups excluding carboxylic acids is 1. The molecule has 4 heteroatoms. The van der Waals surface area contributed by atoms with Gasteiger partial charge in [0.2, 0.25) is 5.91 Å². The summed E-state index contributed by atoms with van der Waals surface area (Å²) in [5.74, 6) is 0.724. The van der Waals surface area contributed by atoms with Gasteiger partial charge in [-0.1, -0.05) is 45.0 Å². The Hall–Kier alpha value is -1.39. The van der Waals surface area contributed by atoms with E-state index >= 15 is 0 Å². The quantitative estimate of drug-likeness (QED) is 0.838. The van der Waals surface area contributed by atoms with Crippen LogP contribution in [0.4, 0.5) is 0 Å². The van der Waals surface area contributed by atoms with Gasteiger partial charge < -0.3 is 10.0 Å². The molecule has 0 radical (unpaired) electrons. The molecule has 1 N–H and O–H groups in total. The van der Waals surface area contributed by atoms with Crippen LogP contribution in [0.2, 0.25) is 0 Å². The number of likely N-dealkylation sites (tertiary alicyclic amines) is 2. The van der Waals surface area contributed by atoms with Crippen LogP contribution in [0.3, 0.4) is 0 Å². The van der Waals surface area contributed by atoms with E-state index < -0.39 is 6.10 Å². The minimum Gasteiger partial charge on any atom is -0.392 e. The Labute approximate surface area is 170 Å². The van der Waals surface area contributed by atoms with Crippen molar-refractivity contribution >= 4 is 5.91 Å². The highest BCUT2D eigenvalue weighted by atomic mass is 16.3. The maximum atomic E-state index is 13.2. The van der Waals surface area contributed by atoms with E-state index in [1.807, 2.05) is 4.90 Å². The first kappa shape index (κ1) is 21.3. The average molecular weight is 387 g/mol. The maximum absolute atomic E-state index is 13.2. The maximum Gasteiger partial charge on any atom is 0.240 e. The predicted molar refractivity (Wildman–Crippen MR) is 115 cm³/mol. The molecule has 2 heterocycles. The van der Waals surface area contributed by atoms with E-state index in [1.165, 1.54) is 11.1 Å². The van der Waals surface area contributed by atoms with Crippen molar-refractivity contribution in [3.05, 3.63) is 35.4 Å². The molecule has 2 saturated heterocycles. The third kappa shape index (κ3) is 4.44. The molecule has 2 aliphatic rings. The first-order chi connectivity index (χ1) is 13.0. The Balaban J connectivity index is 1.69. The van der Waals surface area contributed by atoms with Crippen LogP contribution >= 0.6 is 0 Å². The minimum absolute atomic E-state index is 0.109. The molecule has 0 spiro atoms. The molecule has 0 saturated carbocycles. The fraction of sp³-hybridized carbons (Fsp3) is 0.708. The number of rotatable bonds is 2. The van der Waals surface area contributed by atoms with Crippen LogP contribution in [-0.4, -0.2) is 58.1 Å². The van der Waals surface area contributed by atoms with Crippen molar-refractivity contribution in [2.75, 3.05) is 19.6 Å². The molecule has 2 atom stereocenters. The van der Waals surface area contributed by atoms with Gasteiger partial charge in [0.15, 0.2) is 0 Å². The van der Waals surface area contributed by atoms with Crippen LogP contribution in [0.15, 0.2) is 24.3 Å². The molecule has 0 unspecified atom stereocenters. The summed E-state index contributed by atoms with van der Waals surface area (Å²) in [5, 5.41) is 10.2. The molecule has 2 aliphatic heterocycles. The van der Waals surface area contributed by atoms with Crippen molar-refractivity contribution < 1.29 is 9.90 Å². The zero-order chi connectivity index (χ0) is 20.7. The van der Waals surface area contributed by atoms with Crippen molar-refractivity contribution in [1.82, 2.24) is 9.80 Å². The molecule has 1 amide bonds. The van der Waals surface area contributed by atoms with Crippen LogP contribution in [0.5, 0.6) is 0 Å². The summed E-state index contributed by atoms with van der Waals surface area (Å²) >= 11 is 0. The number of β-amino-alcohol motifs (C(OH)–C–C–N with tert-alkyl or cyclic N) is 1. The van der Waals surface area contributed by atoms with Gasteiger partial charge in [0, 0.05) is 25.2 Å². The molecular weight excluding hydrogens is 348 g/mol. The summed E-state index contributed by atoms with van der Waals surface area (Å²) in [7, 11) is 0. The number of benzene rings is 1. The number of aliphatic hydroxyl groups excluding tert-OH is 1. The summed E-state index contributed by atoms with van der Waals surface area (Å²) in [6.07, 6.45) is 2.19. The highest BCUT2D eigenvalue weighted by molar-refractivity contribution is 5.82. The molecule has 2 fully saturated rings. The number of hydrogen-bond acceptors (Lipinski definition) is 3. The number of aliphatic hydroxyl groups is 1. The van der Waals surface area contributed by atoms with Crippen molar-refractivity contribution in [3.8, 4) is 0 Å². The Kier molecular flexibility index (Phi) is 5.94. The van der Waals surface area contributed by atoms with E-state index in [2.05, 4.69) is 70.7 Å². The van der Waals surface area contributed by atoms with Gasteiger partial charge in [-0.05, 0) is 62.5 Å². The molecule has 1 aromatic carbocycles. The lowest BCUT2D eigenvalue weighted by molar-refractivity contribution is -0.138. The molecule has 0 bridgehead atoms. The lowest BCUT2D eigenvalue weighted by atomic mass is 9.77. The van der Waals surface area contributed by atoms with Crippen LogP contribution in [0.25, 0.3) is 0 Å². The Bertz CT molecular complexity index is 693. The molecule has 156 valence electrons. The van der Waals surface area contributed by atoms with Crippen molar-refractivity contribution in [3.63, 3.8) is 0 Å². The van der Waals surface area contributed by atoms with Crippen molar-refractivity contribution in [2.24, 2.45) is 0 Å². The largest absolute Gasteiger partial charge is 0.392 e. The van der Waals surface area contributed by atoms with Gasteiger partial charge in [-0.25, -0.2) is 0 Å². The minimum atomic E-state index is -0.399. The number of piperidine rings is 1. The molecular formula is C24H38N2O2. The topological polar surface area (TPSA) is 43.8 Å². The second-order valence-electron chi connectivity index (χ2n) is 10.7. The molecule has 28 heavy (non-hydrogen) atoms. The zero-order valence-corrected chi connectivity index (χ0v) is 18.5. The Morgan fingerprint density at radius 1 is 1.04 bits per heavy atom. The standard InChI is InChI=1S/C24H38N2O2/c1-23(2,3)20-10-8-7-9-19(20)17-11-13-25(14-12-17)22(28)21-15-18(27)16-26(21)24(4,5)6/h7-10,17-18,21,27H,11-16H2,1-6H3/t18-,21-/m1/s1. The lowest BCUT2D eigenvalue weighted by Crippen LogP contribution is -2.53. The first-order valence-electron chi connectivity index (χ1n) is 10.8. The van der Waals surface area contributed by atoms with Crippen molar-refractivity contribution in [1.29, 1.82) is 0 Å². The van der Waals surface area contributed by atoms with Crippen LogP contribution in [0.1, 0.15) is 77.8 Å². The normalized spacial score (nSPS) is 25.3. The van der Waals surface area contributed by atoms with Crippen LogP contribution < -0.4 is 0 Å². The SMILES string of the molecule is CC(C)(C)c1ccccc1C1CCN(C(=O)[C@H]2C[C@@H](O)CN2C(C)(C)C)CC1. The van der Waals surface area contributed by atoms with Crippen molar-refractivity contribution in [2.45, 2.75) is 89.8 Å². The monoisotopic (exact) mass is 386 g/mol. The molecule has 0 aromatic heterocycles. The van der Waals surface area contributed by atoms with E-state index in [1.54, 1.807) is 0 Å². The third-order valence-corrected chi connectivity index (χ3v) is 6.44. The van der Waals surface area contributed by atoms with Gasteiger partial charge in [-0.15, -0.1) is 0 Å². The van der Waals surface area contributed by atoms with Gasteiger partial charge >= 0.3 is 0 Å². The van der Waals surface area contributed by atoms with Gasteiger partial charge in [0.1, 0.15) is 0 Å². The zero-order valence-electron chi connectivity index (χ0n) is 18.5. The van der Waals surface area contributed by atoms with Gasteiger partial charge in [-0.2, -0.15) is 0 Å². The van der Waals surface area contributed by atoms with E-state index in [-0.39, 0.29) is 22.9 Å². The molecule has 0 aliphatic carbocycles. The summed E-state index contributed by atoms with van der Waals surface area (Å²) in [6, 6.07) is 8.62. The van der Waals surface area contributed by atoms with E-state index in [0.717, 1.165) is 25.9 Å². The fourth-order valence-corrected chi connectivity index (χ4v) is 4.95. The number of amides is 1. The number of hydrogen-bond donors (Lipinski definition) is 1. The fourth-order valence-electron chi connectivity index (χ4n) is 4.95. The molecule has 3 rings (SSSR count). The van der Waals surface area contributed by atoms with Gasteiger partial charge in [0.25, 0.3) is 0 Å². The van der Waals surface area contributed by atoms with E-state index in [0.29, 0.717) is 18.9 Å². The van der Waals surface area contributed by atoms with E-state index in [9.17, 15) is 9.90 Å². The Morgan fingerprint density at radius 3 is 2.21 bits per heavy atom. The van der Waals surface area contributed by atoms with Gasteiger partial charge in [-0.3, -0.25) is 9.69 Å². The highest BCUT2D eigenvalue weighted by Gasteiger charge is 2.43. The summed E-state index contributed by atoms with van der Waals surface area (Å²) in [5.41, 5.74) is 2.91. The second kappa shape index (κ2) is 7.79. The summed E-state index contributed by atoms with van der Waals surface area (Å²) in [6.45, 7) is 15.4. The number of carbonyl (C=O) groups is 1. The van der Waals surface area contributed by atoms with Crippen LogP contribution in [0, 0.1) is 0 Å². The average Bonchev–Trinajstić information content (AvgIpc) is 3.03. The highest BCUT2D eigenvalue weighted by Crippen LogP contribution is 2.36. The smallest absolute Gasteiger partial charge is 0.240 e. The lowest BCUT2D eigenvalue weighted by Gasteiger charge is -2.40. The predicted octanol–water partition coefficient (Wildman–Crippen LogP) is 3.92. The van der Waals surface area contributed by atoms with E-state index in [4.69, 9.17) is 0 Å². The Morgan fingerprint density at radius 2 is 1.64 bits per heavy atom. The summed E-state index contributed by atoms with van der Waals surface area (Å²) < 4.78 is 0. The summed E-state index contributed by atoms with van der Waals surface area (Å²) in [4.78, 5) is 17.5. The third-order valence-electron chi connectivity index (χ3n) is 6.44. The first-order valence-corrected chi connectivity index (χ1v) is 10.8. The molecule has 4 nitrogen and oxygen atoms in total. The molecule has 1 aromatic rings. The second-order valence-corrected chi connectivity index (χ2v) is 10.7.